The zero-order valence-corrected chi connectivity index (χ0v) is 17.2. The van der Waals surface area contributed by atoms with Crippen molar-refractivity contribution in [3.63, 3.8) is 0 Å². The number of Topliss-reactive ketones (excluding diaryl/α,β-unsaturated/α-hetero) is 1. The molecule has 1 aromatic heterocycles. The van der Waals surface area contributed by atoms with E-state index in [1.165, 1.54) is 24.0 Å². The monoisotopic (exact) mass is 388 g/mol. The van der Waals surface area contributed by atoms with Gasteiger partial charge in [-0.15, -0.1) is 0 Å². The van der Waals surface area contributed by atoms with Gasteiger partial charge < -0.3 is 0 Å². The molecule has 4 heteroatoms. The smallest absolute Gasteiger partial charge is 0.173 e. The highest BCUT2D eigenvalue weighted by atomic mass is 32.2. The zero-order chi connectivity index (χ0) is 19.5. The first-order valence-electron chi connectivity index (χ1n) is 9.80. The van der Waals surface area contributed by atoms with Crippen LogP contribution in [-0.2, 0) is 12.8 Å². The standard InChI is InChI=1S/C24H24N2OS/c1-16-12-13-19(17(2)14-16)22(27)15-28-24-20-10-6-7-11-21(20)25-23(26-24)18-8-4-3-5-9-18/h3-5,8-9,12-14H,6-7,10-11,15H2,1-2H3. The van der Waals surface area contributed by atoms with E-state index in [2.05, 4.69) is 6.07 Å². The van der Waals surface area contributed by atoms with Crippen LogP contribution in [0.15, 0.2) is 53.6 Å². The molecule has 0 saturated heterocycles. The van der Waals surface area contributed by atoms with Crippen molar-refractivity contribution >= 4 is 17.5 Å². The van der Waals surface area contributed by atoms with Crippen molar-refractivity contribution in [2.45, 2.75) is 44.6 Å². The summed E-state index contributed by atoms with van der Waals surface area (Å²) in [4.78, 5) is 22.5. The van der Waals surface area contributed by atoms with Crippen molar-refractivity contribution in [2.75, 3.05) is 5.75 Å². The normalized spacial score (nSPS) is 13.2. The van der Waals surface area contributed by atoms with E-state index in [0.29, 0.717) is 5.75 Å². The summed E-state index contributed by atoms with van der Waals surface area (Å²) in [5.74, 6) is 1.33. The summed E-state index contributed by atoms with van der Waals surface area (Å²) >= 11 is 1.56. The number of fused-ring (bicyclic) bond motifs is 1. The molecule has 1 aliphatic carbocycles. The number of aryl methyl sites for hydroxylation is 3. The number of nitrogens with zero attached hydrogens (tertiary/aromatic N) is 2. The molecule has 0 amide bonds. The molecular weight excluding hydrogens is 364 g/mol. The highest BCUT2D eigenvalue weighted by molar-refractivity contribution is 8.00. The molecular formula is C24H24N2OS. The molecule has 0 radical (unpaired) electrons. The van der Waals surface area contributed by atoms with Gasteiger partial charge in [0.25, 0.3) is 0 Å². The van der Waals surface area contributed by atoms with Crippen molar-refractivity contribution in [2.24, 2.45) is 0 Å². The lowest BCUT2D eigenvalue weighted by Gasteiger charge is -2.19. The number of thioether (sulfide) groups is 1. The van der Waals surface area contributed by atoms with Gasteiger partial charge in [0, 0.05) is 22.4 Å². The Morgan fingerprint density at radius 3 is 2.57 bits per heavy atom. The minimum atomic E-state index is 0.159. The van der Waals surface area contributed by atoms with Gasteiger partial charge in [0.1, 0.15) is 5.03 Å². The number of benzene rings is 2. The second-order valence-electron chi connectivity index (χ2n) is 7.38. The molecule has 0 N–H and O–H groups in total. The summed E-state index contributed by atoms with van der Waals surface area (Å²) in [5.41, 5.74) is 6.45. The van der Waals surface area contributed by atoms with Gasteiger partial charge in [-0.3, -0.25) is 4.79 Å². The Labute approximate surface area is 170 Å². The van der Waals surface area contributed by atoms with Crippen molar-refractivity contribution in [1.82, 2.24) is 9.97 Å². The molecule has 0 aliphatic heterocycles. The van der Waals surface area contributed by atoms with Crippen LogP contribution in [0.5, 0.6) is 0 Å². The Balaban J connectivity index is 1.62. The lowest BCUT2D eigenvalue weighted by atomic mass is 9.97. The van der Waals surface area contributed by atoms with Gasteiger partial charge >= 0.3 is 0 Å². The van der Waals surface area contributed by atoms with Crippen LogP contribution in [0.4, 0.5) is 0 Å². The molecule has 0 saturated carbocycles. The van der Waals surface area contributed by atoms with Gasteiger partial charge in [-0.1, -0.05) is 65.9 Å². The Kier molecular flexibility index (Phi) is 5.58. The predicted molar refractivity (Wildman–Crippen MR) is 115 cm³/mol. The fraction of sp³-hybridized carbons (Fsp3) is 0.292. The first-order valence-corrected chi connectivity index (χ1v) is 10.8. The number of rotatable bonds is 5. The van der Waals surface area contributed by atoms with Crippen LogP contribution in [0, 0.1) is 13.8 Å². The molecule has 0 atom stereocenters. The topological polar surface area (TPSA) is 42.9 Å². The number of carbonyl (C=O) groups is 1. The maximum Gasteiger partial charge on any atom is 0.173 e. The van der Waals surface area contributed by atoms with E-state index in [1.807, 2.05) is 56.3 Å². The summed E-state index contributed by atoms with van der Waals surface area (Å²) in [7, 11) is 0. The van der Waals surface area contributed by atoms with Gasteiger partial charge in [0.2, 0.25) is 0 Å². The van der Waals surface area contributed by atoms with E-state index in [-0.39, 0.29) is 5.78 Å². The number of ketones is 1. The molecule has 142 valence electrons. The average Bonchev–Trinajstić information content (AvgIpc) is 2.72. The first-order chi connectivity index (χ1) is 13.6. The van der Waals surface area contributed by atoms with Gasteiger partial charge in [0.05, 0.1) is 5.75 Å². The zero-order valence-electron chi connectivity index (χ0n) is 16.4. The fourth-order valence-electron chi connectivity index (χ4n) is 3.73. The fourth-order valence-corrected chi connectivity index (χ4v) is 4.70. The molecule has 0 spiro atoms. The largest absolute Gasteiger partial charge is 0.293 e. The summed E-state index contributed by atoms with van der Waals surface area (Å²) in [6.45, 7) is 4.05. The first kappa shape index (κ1) is 18.9. The molecule has 28 heavy (non-hydrogen) atoms. The maximum absolute atomic E-state index is 12.8. The Morgan fingerprint density at radius 1 is 1.00 bits per heavy atom. The van der Waals surface area contributed by atoms with Crippen LogP contribution in [-0.4, -0.2) is 21.5 Å². The number of hydrogen-bond donors (Lipinski definition) is 0. The second-order valence-corrected chi connectivity index (χ2v) is 8.35. The molecule has 1 heterocycles. The number of hydrogen-bond acceptors (Lipinski definition) is 4. The van der Waals surface area contributed by atoms with Crippen molar-refractivity contribution in [1.29, 1.82) is 0 Å². The number of aromatic nitrogens is 2. The van der Waals surface area contributed by atoms with Crippen LogP contribution in [0.3, 0.4) is 0 Å². The summed E-state index contributed by atoms with van der Waals surface area (Å²) in [6.07, 6.45) is 4.34. The SMILES string of the molecule is Cc1ccc(C(=O)CSc2nc(-c3ccccc3)nc3c2CCCC3)c(C)c1. The minimum Gasteiger partial charge on any atom is -0.293 e. The molecule has 0 bridgehead atoms. The van der Waals surface area contributed by atoms with Crippen LogP contribution >= 0.6 is 11.8 Å². The lowest BCUT2D eigenvalue weighted by Crippen LogP contribution is -2.11. The van der Waals surface area contributed by atoms with Gasteiger partial charge in [-0.05, 0) is 45.1 Å². The van der Waals surface area contributed by atoms with Crippen LogP contribution in [0.2, 0.25) is 0 Å². The van der Waals surface area contributed by atoms with Crippen LogP contribution < -0.4 is 0 Å². The van der Waals surface area contributed by atoms with E-state index in [0.717, 1.165) is 46.1 Å². The Morgan fingerprint density at radius 2 is 1.79 bits per heavy atom. The summed E-state index contributed by atoms with van der Waals surface area (Å²) in [6, 6.07) is 16.1. The molecule has 0 fully saturated rings. The highest BCUT2D eigenvalue weighted by Gasteiger charge is 2.20. The molecule has 3 aromatic rings. The average molecular weight is 389 g/mol. The third-order valence-electron chi connectivity index (χ3n) is 5.20. The van der Waals surface area contributed by atoms with Crippen molar-refractivity contribution < 1.29 is 4.79 Å². The summed E-state index contributed by atoms with van der Waals surface area (Å²) in [5, 5.41) is 0.974. The lowest BCUT2D eigenvalue weighted by molar-refractivity contribution is 0.102. The molecule has 0 unspecified atom stereocenters. The van der Waals surface area contributed by atoms with Gasteiger partial charge in [-0.25, -0.2) is 9.97 Å². The molecule has 1 aliphatic rings. The van der Waals surface area contributed by atoms with E-state index < -0.39 is 0 Å². The molecule has 3 nitrogen and oxygen atoms in total. The van der Waals surface area contributed by atoms with Crippen LogP contribution in [0.25, 0.3) is 11.4 Å². The van der Waals surface area contributed by atoms with Gasteiger partial charge in [0.15, 0.2) is 11.6 Å². The highest BCUT2D eigenvalue weighted by Crippen LogP contribution is 2.31. The Bertz CT molecular complexity index is 1010. The van der Waals surface area contributed by atoms with Gasteiger partial charge in [-0.2, -0.15) is 0 Å². The minimum absolute atomic E-state index is 0.159. The van der Waals surface area contributed by atoms with E-state index in [1.54, 1.807) is 11.8 Å². The van der Waals surface area contributed by atoms with E-state index >= 15 is 0 Å². The second kappa shape index (κ2) is 8.27. The molecule has 2 aromatic carbocycles. The third kappa shape index (κ3) is 4.02. The van der Waals surface area contributed by atoms with Crippen LogP contribution in [0.1, 0.15) is 45.6 Å². The van der Waals surface area contributed by atoms with Crippen molar-refractivity contribution in [3.8, 4) is 11.4 Å². The Hall–Kier alpha value is -2.46. The van der Waals surface area contributed by atoms with E-state index in [9.17, 15) is 4.79 Å². The maximum atomic E-state index is 12.8. The number of carbonyl (C=O) groups excluding carboxylic acids is 1. The summed E-state index contributed by atoms with van der Waals surface area (Å²) < 4.78 is 0. The quantitative estimate of drug-likeness (QED) is 0.323. The molecule has 4 rings (SSSR count). The van der Waals surface area contributed by atoms with Crippen molar-refractivity contribution in [3.05, 3.63) is 76.5 Å². The van der Waals surface area contributed by atoms with E-state index in [4.69, 9.17) is 9.97 Å². The predicted octanol–water partition coefficient (Wildman–Crippen LogP) is 5.61. The third-order valence-corrected chi connectivity index (χ3v) is 6.22.